The fourth-order valence-electron chi connectivity index (χ4n) is 3.39. The van der Waals surface area contributed by atoms with E-state index in [1.807, 2.05) is 0 Å². The van der Waals surface area contributed by atoms with Crippen LogP contribution in [0.15, 0.2) is 65.6 Å². The molecule has 0 aliphatic carbocycles. The summed E-state index contributed by atoms with van der Waals surface area (Å²) in [5.74, 6) is 1.71. The molecule has 5 rings (SSSR count). The van der Waals surface area contributed by atoms with Gasteiger partial charge in [0.2, 0.25) is 6.79 Å². The van der Waals surface area contributed by atoms with Gasteiger partial charge in [-0.25, -0.2) is 8.42 Å². The summed E-state index contributed by atoms with van der Waals surface area (Å²) < 4.78 is 49.8. The van der Waals surface area contributed by atoms with E-state index in [0.717, 1.165) is 6.42 Å². The highest BCUT2D eigenvalue weighted by molar-refractivity contribution is 7.92. The maximum absolute atomic E-state index is 12.8. The summed E-state index contributed by atoms with van der Waals surface area (Å²) in [7, 11) is -3.84. The predicted octanol–water partition coefficient (Wildman–Crippen LogP) is 3.63. The number of nitrogens with one attached hydrogen (secondary N) is 2. The van der Waals surface area contributed by atoms with Crippen LogP contribution in [0.3, 0.4) is 0 Å². The molecule has 0 saturated carbocycles. The second-order valence-corrected chi connectivity index (χ2v) is 9.05. The van der Waals surface area contributed by atoms with Crippen molar-refractivity contribution >= 4 is 27.3 Å². The molecule has 0 unspecified atom stereocenters. The van der Waals surface area contributed by atoms with Gasteiger partial charge in [-0.3, -0.25) is 9.52 Å². The molecule has 33 heavy (non-hydrogen) atoms. The van der Waals surface area contributed by atoms with Gasteiger partial charge in [0.25, 0.3) is 15.9 Å². The Bertz CT molecular complexity index is 1310. The lowest BCUT2D eigenvalue weighted by Gasteiger charge is -2.12. The van der Waals surface area contributed by atoms with E-state index in [1.165, 1.54) is 12.1 Å². The Morgan fingerprint density at radius 2 is 1.36 bits per heavy atom. The molecule has 0 bridgehead atoms. The molecule has 0 aromatic heterocycles. The number of sulfonamides is 1. The minimum atomic E-state index is -3.84. The number of rotatable bonds is 5. The Hall–Kier alpha value is -3.92. The molecular formula is C23H20N2O7S. The quantitative estimate of drug-likeness (QED) is 0.588. The summed E-state index contributed by atoms with van der Waals surface area (Å²) in [6.07, 6.45) is 0.729. The zero-order valence-corrected chi connectivity index (χ0v) is 18.2. The average molecular weight is 468 g/mol. The monoisotopic (exact) mass is 468 g/mol. The van der Waals surface area contributed by atoms with Crippen LogP contribution in [0.25, 0.3) is 0 Å². The number of benzene rings is 3. The molecule has 2 heterocycles. The minimum Gasteiger partial charge on any atom is -0.490 e. The van der Waals surface area contributed by atoms with Gasteiger partial charge in [0, 0.05) is 29.4 Å². The first kappa shape index (κ1) is 21.0. The number of anilines is 2. The summed E-state index contributed by atoms with van der Waals surface area (Å²) >= 11 is 0. The average Bonchev–Trinajstić information content (AvgIpc) is 3.15. The SMILES string of the molecule is O=C(Nc1ccc(NS(=O)(=O)c2ccc3c(c2)OCCCO3)cc1)c1ccc2c(c1)OCO2. The summed E-state index contributed by atoms with van der Waals surface area (Å²) in [6, 6.07) is 15.8. The molecule has 2 aliphatic rings. The molecule has 2 N–H and O–H groups in total. The van der Waals surface area contributed by atoms with Gasteiger partial charge >= 0.3 is 0 Å². The van der Waals surface area contributed by atoms with E-state index in [9.17, 15) is 13.2 Å². The van der Waals surface area contributed by atoms with Crippen LogP contribution >= 0.6 is 0 Å². The molecule has 10 heteroatoms. The van der Waals surface area contributed by atoms with Crippen molar-refractivity contribution in [2.45, 2.75) is 11.3 Å². The lowest BCUT2D eigenvalue weighted by Crippen LogP contribution is -2.14. The zero-order valence-electron chi connectivity index (χ0n) is 17.4. The van der Waals surface area contributed by atoms with E-state index in [-0.39, 0.29) is 17.6 Å². The highest BCUT2D eigenvalue weighted by Crippen LogP contribution is 2.33. The molecule has 0 saturated heterocycles. The Morgan fingerprint density at radius 3 is 2.18 bits per heavy atom. The molecule has 0 radical (unpaired) electrons. The topological polar surface area (TPSA) is 112 Å². The third-order valence-electron chi connectivity index (χ3n) is 5.06. The lowest BCUT2D eigenvalue weighted by atomic mass is 10.2. The van der Waals surface area contributed by atoms with Gasteiger partial charge in [0.1, 0.15) is 0 Å². The zero-order chi connectivity index (χ0) is 22.8. The van der Waals surface area contributed by atoms with Crippen LogP contribution in [0.4, 0.5) is 11.4 Å². The second kappa shape index (κ2) is 8.55. The van der Waals surface area contributed by atoms with Gasteiger partial charge in [0.05, 0.1) is 18.1 Å². The number of carbonyl (C=O) groups is 1. The van der Waals surface area contributed by atoms with E-state index in [0.29, 0.717) is 53.2 Å². The first-order chi connectivity index (χ1) is 16.0. The third kappa shape index (κ3) is 4.51. The summed E-state index contributed by atoms with van der Waals surface area (Å²) in [5, 5.41) is 2.77. The fourth-order valence-corrected chi connectivity index (χ4v) is 4.46. The van der Waals surface area contributed by atoms with Crippen molar-refractivity contribution in [3.05, 3.63) is 66.2 Å². The first-order valence-corrected chi connectivity index (χ1v) is 11.7. The van der Waals surface area contributed by atoms with Crippen molar-refractivity contribution < 1.29 is 32.2 Å². The maximum Gasteiger partial charge on any atom is 0.262 e. The Kier molecular flexibility index (Phi) is 5.43. The Morgan fingerprint density at radius 1 is 0.727 bits per heavy atom. The summed E-state index contributed by atoms with van der Waals surface area (Å²) in [5.41, 5.74) is 1.28. The molecule has 0 spiro atoms. The summed E-state index contributed by atoms with van der Waals surface area (Å²) in [6.45, 7) is 1.11. The van der Waals surface area contributed by atoms with E-state index in [4.69, 9.17) is 18.9 Å². The fraction of sp³-hybridized carbons (Fsp3) is 0.174. The predicted molar refractivity (Wildman–Crippen MR) is 120 cm³/mol. The van der Waals surface area contributed by atoms with Crippen molar-refractivity contribution in [2.75, 3.05) is 30.0 Å². The van der Waals surface area contributed by atoms with Gasteiger partial charge < -0.3 is 24.3 Å². The van der Waals surface area contributed by atoms with Gasteiger partial charge in [-0.2, -0.15) is 0 Å². The molecule has 2 aliphatic heterocycles. The highest BCUT2D eigenvalue weighted by Gasteiger charge is 2.20. The summed E-state index contributed by atoms with van der Waals surface area (Å²) in [4.78, 5) is 12.6. The number of carbonyl (C=O) groups excluding carboxylic acids is 1. The molecular weight excluding hydrogens is 448 g/mol. The molecule has 9 nitrogen and oxygen atoms in total. The van der Waals surface area contributed by atoms with Crippen molar-refractivity contribution in [3.63, 3.8) is 0 Å². The Balaban J connectivity index is 1.26. The van der Waals surface area contributed by atoms with Crippen LogP contribution in [-0.4, -0.2) is 34.3 Å². The van der Waals surface area contributed by atoms with E-state index in [1.54, 1.807) is 48.5 Å². The smallest absolute Gasteiger partial charge is 0.262 e. The number of fused-ring (bicyclic) bond motifs is 2. The molecule has 3 aromatic carbocycles. The second-order valence-electron chi connectivity index (χ2n) is 7.36. The largest absolute Gasteiger partial charge is 0.490 e. The van der Waals surface area contributed by atoms with Crippen LogP contribution in [0.5, 0.6) is 23.0 Å². The van der Waals surface area contributed by atoms with Crippen LogP contribution < -0.4 is 29.0 Å². The normalized spacial score (nSPS) is 14.3. The van der Waals surface area contributed by atoms with Gasteiger partial charge in [-0.1, -0.05) is 0 Å². The van der Waals surface area contributed by atoms with Crippen LogP contribution in [-0.2, 0) is 10.0 Å². The van der Waals surface area contributed by atoms with E-state index in [2.05, 4.69) is 10.0 Å². The first-order valence-electron chi connectivity index (χ1n) is 10.2. The minimum absolute atomic E-state index is 0.0620. The maximum atomic E-state index is 12.8. The molecule has 170 valence electrons. The third-order valence-corrected chi connectivity index (χ3v) is 6.44. The van der Waals surface area contributed by atoms with Crippen molar-refractivity contribution in [1.29, 1.82) is 0 Å². The van der Waals surface area contributed by atoms with E-state index < -0.39 is 10.0 Å². The van der Waals surface area contributed by atoms with Crippen molar-refractivity contribution in [2.24, 2.45) is 0 Å². The number of ether oxygens (including phenoxy) is 4. The molecule has 1 amide bonds. The molecule has 0 fully saturated rings. The van der Waals surface area contributed by atoms with Crippen LogP contribution in [0.1, 0.15) is 16.8 Å². The standard InChI is InChI=1S/C23H20N2O7S/c26-23(15-2-8-20-21(12-15)32-14-31-20)24-16-3-5-17(6-4-16)25-33(27,28)18-7-9-19-22(13-18)30-11-1-10-29-19/h2-9,12-13,25H,1,10-11,14H2,(H,24,26). The van der Waals surface area contributed by atoms with Crippen LogP contribution in [0.2, 0.25) is 0 Å². The van der Waals surface area contributed by atoms with Crippen LogP contribution in [0, 0.1) is 0 Å². The number of amides is 1. The molecule has 3 aromatic rings. The number of hydrogen-bond acceptors (Lipinski definition) is 7. The van der Waals surface area contributed by atoms with Gasteiger partial charge in [-0.15, -0.1) is 0 Å². The van der Waals surface area contributed by atoms with Crippen molar-refractivity contribution in [1.82, 2.24) is 0 Å². The lowest BCUT2D eigenvalue weighted by molar-refractivity contribution is 0.102. The highest BCUT2D eigenvalue weighted by atomic mass is 32.2. The number of hydrogen-bond donors (Lipinski definition) is 2. The Labute approximate surface area is 190 Å². The van der Waals surface area contributed by atoms with Gasteiger partial charge in [0.15, 0.2) is 23.0 Å². The van der Waals surface area contributed by atoms with E-state index >= 15 is 0 Å². The molecule has 0 atom stereocenters. The van der Waals surface area contributed by atoms with Crippen molar-refractivity contribution in [3.8, 4) is 23.0 Å². The van der Waals surface area contributed by atoms with Gasteiger partial charge in [-0.05, 0) is 54.6 Å².